The second-order valence-electron chi connectivity index (χ2n) is 3.13. The average Bonchev–Trinajstić information content (AvgIpc) is 2.81. The molecule has 0 saturated carbocycles. The first-order valence-electron chi connectivity index (χ1n) is 4.64. The minimum atomic E-state index is 0.372. The van der Waals surface area contributed by atoms with Crippen LogP contribution >= 0.6 is 34.5 Å². The van der Waals surface area contributed by atoms with Crippen molar-refractivity contribution < 1.29 is 0 Å². The molecule has 0 aliphatic heterocycles. The Morgan fingerprint density at radius 3 is 2.71 bits per heavy atom. The van der Waals surface area contributed by atoms with Gasteiger partial charge in [0.25, 0.3) is 0 Å². The van der Waals surface area contributed by atoms with Gasteiger partial charge >= 0.3 is 0 Å². The minimum Gasteiger partial charge on any atom is -0.363 e. The van der Waals surface area contributed by atoms with Crippen LogP contribution in [0.25, 0.3) is 0 Å². The number of nitrogens with two attached hydrogens (primary N) is 1. The van der Waals surface area contributed by atoms with Gasteiger partial charge in [0, 0.05) is 5.38 Å². The Balaban J connectivity index is 2.15. The van der Waals surface area contributed by atoms with Crippen molar-refractivity contribution in [3.63, 3.8) is 0 Å². The molecule has 0 aliphatic rings. The van der Waals surface area contributed by atoms with E-state index in [9.17, 15) is 0 Å². The van der Waals surface area contributed by atoms with E-state index in [-0.39, 0.29) is 0 Å². The Morgan fingerprint density at radius 2 is 2.06 bits per heavy atom. The van der Waals surface area contributed by atoms with Gasteiger partial charge in [-0.1, -0.05) is 23.2 Å². The molecule has 0 radical (unpaired) electrons. The number of anilines is 2. The van der Waals surface area contributed by atoms with Crippen LogP contribution in [0.2, 0.25) is 10.0 Å². The first-order valence-corrected chi connectivity index (χ1v) is 6.34. The SMILES string of the molecule is NNc1nc(NCc2cscn2)c(Cl)cc1Cl. The van der Waals surface area contributed by atoms with Gasteiger partial charge in [0.05, 0.1) is 27.8 Å². The summed E-state index contributed by atoms with van der Waals surface area (Å²) in [7, 11) is 0. The number of pyridine rings is 1. The lowest BCUT2D eigenvalue weighted by atomic mass is 10.4. The molecule has 0 aliphatic carbocycles. The molecule has 0 unspecified atom stereocenters. The van der Waals surface area contributed by atoms with Crippen molar-refractivity contribution in [2.75, 3.05) is 10.7 Å². The minimum absolute atomic E-state index is 0.372. The second kappa shape index (κ2) is 5.50. The molecule has 5 nitrogen and oxygen atoms in total. The van der Waals surface area contributed by atoms with E-state index in [2.05, 4.69) is 20.7 Å². The third kappa shape index (κ3) is 2.98. The molecule has 90 valence electrons. The zero-order valence-corrected chi connectivity index (χ0v) is 10.9. The molecular weight excluding hydrogens is 281 g/mol. The van der Waals surface area contributed by atoms with Crippen LogP contribution in [0.1, 0.15) is 5.69 Å². The molecule has 17 heavy (non-hydrogen) atoms. The molecule has 0 bridgehead atoms. The fourth-order valence-electron chi connectivity index (χ4n) is 1.19. The van der Waals surface area contributed by atoms with Crippen molar-refractivity contribution in [3.8, 4) is 0 Å². The Kier molecular flexibility index (Phi) is 4.01. The number of hydrogen-bond donors (Lipinski definition) is 3. The van der Waals surface area contributed by atoms with Crippen LogP contribution in [0.3, 0.4) is 0 Å². The summed E-state index contributed by atoms with van der Waals surface area (Å²) in [6, 6.07) is 1.58. The first kappa shape index (κ1) is 12.4. The number of thiazole rings is 1. The predicted molar refractivity (Wildman–Crippen MR) is 71.5 cm³/mol. The number of halogens is 2. The molecule has 2 aromatic heterocycles. The van der Waals surface area contributed by atoms with Gasteiger partial charge in [-0.15, -0.1) is 11.3 Å². The Labute approximate surface area is 112 Å². The fourth-order valence-corrected chi connectivity index (χ4v) is 2.23. The van der Waals surface area contributed by atoms with Gasteiger partial charge in [-0.3, -0.25) is 0 Å². The molecule has 4 N–H and O–H groups in total. The van der Waals surface area contributed by atoms with Gasteiger partial charge in [0.1, 0.15) is 5.82 Å². The van der Waals surface area contributed by atoms with Crippen LogP contribution in [-0.2, 0) is 6.54 Å². The number of hydrogen-bond acceptors (Lipinski definition) is 6. The molecule has 0 fully saturated rings. The third-order valence-corrected chi connectivity index (χ3v) is 3.20. The summed E-state index contributed by atoms with van der Waals surface area (Å²) in [6.07, 6.45) is 0. The number of hydrazine groups is 1. The lowest BCUT2D eigenvalue weighted by Crippen LogP contribution is -2.11. The third-order valence-electron chi connectivity index (χ3n) is 1.99. The van der Waals surface area contributed by atoms with Crippen molar-refractivity contribution in [1.82, 2.24) is 9.97 Å². The largest absolute Gasteiger partial charge is 0.363 e. The summed E-state index contributed by atoms with van der Waals surface area (Å²) in [5, 5.41) is 5.81. The average molecular weight is 290 g/mol. The summed E-state index contributed by atoms with van der Waals surface area (Å²) in [5.74, 6) is 6.17. The van der Waals surface area contributed by atoms with E-state index in [1.807, 2.05) is 5.38 Å². The Hall–Kier alpha value is -1.08. The molecule has 0 saturated heterocycles. The molecule has 0 atom stereocenters. The van der Waals surface area contributed by atoms with E-state index in [1.165, 1.54) is 11.3 Å². The maximum absolute atomic E-state index is 6.00. The van der Waals surface area contributed by atoms with E-state index >= 15 is 0 Å². The van der Waals surface area contributed by atoms with E-state index < -0.39 is 0 Å². The highest BCUT2D eigenvalue weighted by molar-refractivity contribution is 7.07. The molecule has 0 aromatic carbocycles. The molecule has 2 aromatic rings. The van der Waals surface area contributed by atoms with Crippen molar-refractivity contribution >= 4 is 46.2 Å². The molecule has 0 spiro atoms. The first-order chi connectivity index (χ1) is 8.20. The van der Waals surface area contributed by atoms with Gasteiger partial charge in [-0.05, 0) is 6.07 Å². The van der Waals surface area contributed by atoms with Crippen LogP contribution in [-0.4, -0.2) is 9.97 Å². The van der Waals surface area contributed by atoms with Crippen LogP contribution in [0.15, 0.2) is 17.0 Å². The quantitative estimate of drug-likeness (QED) is 0.596. The van der Waals surface area contributed by atoms with Crippen LogP contribution in [0.5, 0.6) is 0 Å². The normalized spacial score (nSPS) is 10.3. The molecule has 0 amide bonds. The van der Waals surface area contributed by atoms with E-state index in [0.29, 0.717) is 28.2 Å². The number of nitrogen functional groups attached to an aromatic ring is 1. The van der Waals surface area contributed by atoms with Gasteiger partial charge in [0.2, 0.25) is 0 Å². The van der Waals surface area contributed by atoms with E-state index in [0.717, 1.165) is 5.69 Å². The maximum Gasteiger partial charge on any atom is 0.161 e. The standard InChI is InChI=1S/C9H9Cl2N5S/c10-6-1-7(11)9(16-12)15-8(6)13-2-5-3-17-4-14-5/h1,3-4H,2,12H2,(H2,13,15,16). The highest BCUT2D eigenvalue weighted by atomic mass is 35.5. The summed E-state index contributed by atoms with van der Waals surface area (Å²) in [6.45, 7) is 0.544. The number of aromatic nitrogens is 2. The van der Waals surface area contributed by atoms with Crippen molar-refractivity contribution in [2.24, 2.45) is 5.84 Å². The zero-order chi connectivity index (χ0) is 12.3. The Morgan fingerprint density at radius 1 is 1.29 bits per heavy atom. The van der Waals surface area contributed by atoms with Gasteiger partial charge < -0.3 is 10.7 Å². The number of nitrogens with zero attached hydrogens (tertiary/aromatic N) is 2. The van der Waals surface area contributed by atoms with Gasteiger partial charge in [-0.25, -0.2) is 15.8 Å². The lowest BCUT2D eigenvalue weighted by molar-refractivity contribution is 1.05. The van der Waals surface area contributed by atoms with Gasteiger partial charge in [0.15, 0.2) is 5.82 Å². The van der Waals surface area contributed by atoms with Crippen molar-refractivity contribution in [3.05, 3.63) is 32.7 Å². The van der Waals surface area contributed by atoms with E-state index in [4.69, 9.17) is 29.0 Å². The Bertz CT molecular complexity index is 502. The van der Waals surface area contributed by atoms with Crippen molar-refractivity contribution in [2.45, 2.75) is 6.54 Å². The summed E-state index contributed by atoms with van der Waals surface area (Å²) in [5.41, 5.74) is 5.09. The van der Waals surface area contributed by atoms with E-state index in [1.54, 1.807) is 11.6 Å². The highest BCUT2D eigenvalue weighted by Crippen LogP contribution is 2.28. The lowest BCUT2D eigenvalue weighted by Gasteiger charge is -2.09. The summed E-state index contributed by atoms with van der Waals surface area (Å²) >= 11 is 13.4. The second-order valence-corrected chi connectivity index (χ2v) is 4.66. The molecular formula is C9H9Cl2N5S. The smallest absolute Gasteiger partial charge is 0.161 e. The predicted octanol–water partition coefficient (Wildman–Crippen LogP) is 2.74. The summed E-state index contributed by atoms with van der Waals surface area (Å²) < 4.78 is 0. The molecule has 2 rings (SSSR count). The highest BCUT2D eigenvalue weighted by Gasteiger charge is 2.08. The van der Waals surface area contributed by atoms with Crippen LogP contribution in [0.4, 0.5) is 11.6 Å². The van der Waals surface area contributed by atoms with Crippen molar-refractivity contribution in [1.29, 1.82) is 0 Å². The monoisotopic (exact) mass is 289 g/mol. The zero-order valence-electron chi connectivity index (χ0n) is 8.58. The fraction of sp³-hybridized carbons (Fsp3) is 0.111. The van der Waals surface area contributed by atoms with Crippen LogP contribution < -0.4 is 16.6 Å². The molecule has 2 heterocycles. The number of nitrogens with one attached hydrogen (secondary N) is 2. The maximum atomic E-state index is 6.00. The van der Waals surface area contributed by atoms with Gasteiger partial charge in [-0.2, -0.15) is 0 Å². The topological polar surface area (TPSA) is 75.9 Å². The number of rotatable bonds is 4. The van der Waals surface area contributed by atoms with Crippen LogP contribution in [0, 0.1) is 0 Å². The summed E-state index contributed by atoms with van der Waals surface area (Å²) in [4.78, 5) is 8.29. The molecule has 8 heteroatoms.